The summed E-state index contributed by atoms with van der Waals surface area (Å²) in [6.45, 7) is 3.73. The Morgan fingerprint density at radius 2 is 1.97 bits per heavy atom. The zero-order valence-electron chi connectivity index (χ0n) is 18.7. The molecule has 0 spiro atoms. The first-order chi connectivity index (χ1) is 15.5. The lowest BCUT2D eigenvalue weighted by atomic mass is 10.1. The quantitative estimate of drug-likeness (QED) is 0.697. The van der Waals surface area contributed by atoms with Crippen LogP contribution in [0.5, 0.6) is 0 Å². The van der Waals surface area contributed by atoms with E-state index in [9.17, 15) is 14.4 Å². The topological polar surface area (TPSA) is 97.3 Å². The van der Waals surface area contributed by atoms with Crippen molar-refractivity contribution < 1.29 is 14.4 Å². The summed E-state index contributed by atoms with van der Waals surface area (Å²) in [5.74, 6) is -0.159. The summed E-state index contributed by atoms with van der Waals surface area (Å²) in [6, 6.07) is 7.59. The van der Waals surface area contributed by atoms with E-state index in [0.29, 0.717) is 45.3 Å². The Labute approximate surface area is 188 Å². The van der Waals surface area contributed by atoms with Gasteiger partial charge in [0.2, 0.25) is 17.7 Å². The van der Waals surface area contributed by atoms with Gasteiger partial charge in [-0.15, -0.1) is 0 Å². The second-order valence-electron chi connectivity index (χ2n) is 8.78. The SMILES string of the molecule is CN1CCN(C(=O)CCC2=NNC(=O)CC2)C[C@@H]1C(=O)Nc1cccc(N2CCCC2)c1. The Balaban J connectivity index is 1.32. The average molecular weight is 441 g/mol. The van der Waals surface area contributed by atoms with Crippen LogP contribution in [0.25, 0.3) is 0 Å². The lowest BCUT2D eigenvalue weighted by molar-refractivity contribution is -0.136. The van der Waals surface area contributed by atoms with E-state index >= 15 is 0 Å². The number of amides is 3. The van der Waals surface area contributed by atoms with E-state index in [-0.39, 0.29) is 17.7 Å². The van der Waals surface area contributed by atoms with E-state index in [1.54, 1.807) is 4.90 Å². The number of carbonyl (C=O) groups is 3. The molecule has 1 aromatic rings. The Kier molecular flexibility index (Phi) is 7.04. The summed E-state index contributed by atoms with van der Waals surface area (Å²) in [7, 11) is 1.92. The third kappa shape index (κ3) is 5.45. The molecule has 9 heteroatoms. The molecule has 172 valence electrons. The molecular weight excluding hydrogens is 408 g/mol. The summed E-state index contributed by atoms with van der Waals surface area (Å²) in [6.07, 6.45) is 4.30. The van der Waals surface area contributed by atoms with Crippen LogP contribution in [0.3, 0.4) is 0 Å². The molecular formula is C23H32N6O3. The van der Waals surface area contributed by atoms with Gasteiger partial charge in [-0.25, -0.2) is 5.43 Å². The van der Waals surface area contributed by atoms with Gasteiger partial charge in [0, 0.05) is 62.7 Å². The maximum Gasteiger partial charge on any atom is 0.243 e. The molecule has 32 heavy (non-hydrogen) atoms. The fraction of sp³-hybridized carbons (Fsp3) is 0.565. The molecule has 2 saturated heterocycles. The highest BCUT2D eigenvalue weighted by atomic mass is 16.2. The van der Waals surface area contributed by atoms with E-state index in [0.717, 1.165) is 30.2 Å². The van der Waals surface area contributed by atoms with Gasteiger partial charge in [0.05, 0.1) is 0 Å². The van der Waals surface area contributed by atoms with Gasteiger partial charge >= 0.3 is 0 Å². The average Bonchev–Trinajstić information content (AvgIpc) is 3.34. The lowest BCUT2D eigenvalue weighted by Crippen LogP contribution is -2.57. The molecule has 0 saturated carbocycles. The summed E-state index contributed by atoms with van der Waals surface area (Å²) in [5.41, 5.74) is 5.24. The minimum Gasteiger partial charge on any atom is -0.371 e. The van der Waals surface area contributed by atoms with Crippen LogP contribution < -0.4 is 15.6 Å². The van der Waals surface area contributed by atoms with Gasteiger partial charge in [-0.05, 0) is 50.9 Å². The molecule has 9 nitrogen and oxygen atoms in total. The van der Waals surface area contributed by atoms with Gasteiger partial charge in [0.15, 0.2) is 0 Å². The molecule has 3 amide bonds. The molecule has 2 N–H and O–H groups in total. The Bertz CT molecular complexity index is 895. The summed E-state index contributed by atoms with van der Waals surface area (Å²) >= 11 is 0. The summed E-state index contributed by atoms with van der Waals surface area (Å²) in [4.78, 5) is 43.1. The number of rotatable bonds is 6. The van der Waals surface area contributed by atoms with Crippen molar-refractivity contribution in [2.45, 2.75) is 44.6 Å². The normalized spacial score (nSPS) is 21.8. The van der Waals surface area contributed by atoms with Gasteiger partial charge in [-0.2, -0.15) is 5.10 Å². The number of piperazine rings is 1. The van der Waals surface area contributed by atoms with Crippen LogP contribution in [0.1, 0.15) is 38.5 Å². The largest absolute Gasteiger partial charge is 0.371 e. The Morgan fingerprint density at radius 3 is 2.72 bits per heavy atom. The standard InChI is InChI=1S/C23H32N6O3/c1-27-13-14-29(22(31)10-8-17-7-9-21(30)26-25-17)16-20(27)23(32)24-18-5-4-6-19(15-18)28-11-2-3-12-28/h4-6,15,20H,2-3,7-14,16H2,1H3,(H,24,32)(H,26,30)/t20-/m1/s1. The van der Waals surface area contributed by atoms with Crippen molar-refractivity contribution in [1.29, 1.82) is 0 Å². The van der Waals surface area contributed by atoms with E-state index < -0.39 is 6.04 Å². The highest BCUT2D eigenvalue weighted by molar-refractivity contribution is 5.96. The molecule has 0 unspecified atom stereocenters. The lowest BCUT2D eigenvalue weighted by Gasteiger charge is -2.38. The fourth-order valence-electron chi connectivity index (χ4n) is 4.47. The fourth-order valence-corrected chi connectivity index (χ4v) is 4.47. The van der Waals surface area contributed by atoms with Crippen LogP contribution in [0.15, 0.2) is 29.4 Å². The van der Waals surface area contributed by atoms with E-state index in [4.69, 9.17) is 0 Å². The zero-order chi connectivity index (χ0) is 22.5. The van der Waals surface area contributed by atoms with E-state index in [2.05, 4.69) is 26.8 Å². The van der Waals surface area contributed by atoms with Crippen molar-refractivity contribution in [1.82, 2.24) is 15.2 Å². The third-order valence-electron chi connectivity index (χ3n) is 6.50. The Morgan fingerprint density at radius 1 is 1.16 bits per heavy atom. The van der Waals surface area contributed by atoms with Crippen molar-refractivity contribution in [3.05, 3.63) is 24.3 Å². The monoisotopic (exact) mass is 440 g/mol. The Hall–Kier alpha value is -2.94. The first kappa shape index (κ1) is 22.3. The number of nitrogens with zero attached hydrogens (tertiary/aromatic N) is 4. The molecule has 2 fully saturated rings. The van der Waals surface area contributed by atoms with E-state index in [1.165, 1.54) is 12.8 Å². The predicted octanol–water partition coefficient (Wildman–Crippen LogP) is 1.41. The maximum absolute atomic E-state index is 13.1. The van der Waals surface area contributed by atoms with Crippen molar-refractivity contribution >= 4 is 34.8 Å². The molecule has 0 aliphatic carbocycles. The molecule has 4 rings (SSSR count). The number of hydrogen-bond acceptors (Lipinski definition) is 6. The smallest absolute Gasteiger partial charge is 0.243 e. The van der Waals surface area contributed by atoms with Crippen molar-refractivity contribution in [2.24, 2.45) is 5.10 Å². The van der Waals surface area contributed by atoms with Crippen LogP contribution in [-0.2, 0) is 14.4 Å². The molecule has 0 bridgehead atoms. The molecule has 1 atom stereocenters. The minimum atomic E-state index is -0.394. The van der Waals surface area contributed by atoms with Crippen molar-refractivity contribution in [3.8, 4) is 0 Å². The summed E-state index contributed by atoms with van der Waals surface area (Å²) in [5, 5.41) is 7.08. The van der Waals surface area contributed by atoms with Crippen LogP contribution in [0, 0.1) is 0 Å². The molecule has 0 radical (unpaired) electrons. The number of likely N-dealkylation sites (N-methyl/N-ethyl adjacent to an activating group) is 1. The third-order valence-corrected chi connectivity index (χ3v) is 6.50. The minimum absolute atomic E-state index is 0.0199. The molecule has 3 aliphatic rings. The van der Waals surface area contributed by atoms with Gasteiger partial charge in [0.1, 0.15) is 6.04 Å². The first-order valence-electron chi connectivity index (χ1n) is 11.5. The zero-order valence-corrected chi connectivity index (χ0v) is 18.7. The summed E-state index contributed by atoms with van der Waals surface area (Å²) < 4.78 is 0. The van der Waals surface area contributed by atoms with Crippen LogP contribution in [0.4, 0.5) is 11.4 Å². The number of nitrogens with one attached hydrogen (secondary N) is 2. The van der Waals surface area contributed by atoms with Crippen molar-refractivity contribution in [3.63, 3.8) is 0 Å². The highest BCUT2D eigenvalue weighted by Crippen LogP contribution is 2.24. The predicted molar refractivity (Wildman–Crippen MR) is 124 cm³/mol. The van der Waals surface area contributed by atoms with Gasteiger partial charge in [0.25, 0.3) is 0 Å². The number of anilines is 2. The van der Waals surface area contributed by atoms with Crippen LogP contribution in [-0.4, -0.2) is 79.0 Å². The molecule has 0 aromatic heterocycles. The second kappa shape index (κ2) is 10.1. The molecule has 1 aromatic carbocycles. The number of hydrogen-bond donors (Lipinski definition) is 2. The molecule has 3 heterocycles. The van der Waals surface area contributed by atoms with Crippen LogP contribution >= 0.6 is 0 Å². The van der Waals surface area contributed by atoms with Crippen LogP contribution in [0.2, 0.25) is 0 Å². The number of hydrazone groups is 1. The van der Waals surface area contributed by atoms with Gasteiger partial charge < -0.3 is 15.1 Å². The van der Waals surface area contributed by atoms with E-state index in [1.807, 2.05) is 30.1 Å². The number of carbonyl (C=O) groups excluding carboxylic acids is 3. The second-order valence-corrected chi connectivity index (χ2v) is 8.78. The van der Waals surface area contributed by atoms with Gasteiger partial charge in [-0.1, -0.05) is 6.07 Å². The first-order valence-corrected chi connectivity index (χ1v) is 11.5. The number of benzene rings is 1. The van der Waals surface area contributed by atoms with Gasteiger partial charge in [-0.3, -0.25) is 19.3 Å². The molecule has 3 aliphatic heterocycles. The maximum atomic E-state index is 13.1. The highest BCUT2D eigenvalue weighted by Gasteiger charge is 2.32. The van der Waals surface area contributed by atoms with Crippen molar-refractivity contribution in [2.75, 3.05) is 50.0 Å².